The lowest BCUT2D eigenvalue weighted by atomic mass is 10.1. The number of aryl methyl sites for hydroxylation is 1. The van der Waals surface area contributed by atoms with Crippen molar-refractivity contribution < 1.29 is 22.1 Å². The molecule has 2 aromatic carbocycles. The van der Waals surface area contributed by atoms with Crippen molar-refractivity contribution in [3.05, 3.63) is 63.7 Å². The molecule has 134 valence electrons. The zero-order chi connectivity index (χ0) is 18.6. The molecule has 25 heavy (non-hydrogen) atoms. The lowest BCUT2D eigenvalue weighted by molar-refractivity contribution is -0.384. The molecular weight excluding hydrogens is 354 g/mol. The highest BCUT2D eigenvalue weighted by Crippen LogP contribution is 2.30. The summed E-state index contributed by atoms with van der Waals surface area (Å²) in [5.41, 5.74) is 1.48. The van der Waals surface area contributed by atoms with E-state index < -0.39 is 31.1 Å². The zero-order valence-electron chi connectivity index (χ0n) is 13.3. The van der Waals surface area contributed by atoms with Crippen molar-refractivity contribution >= 4 is 21.2 Å². The highest BCUT2D eigenvalue weighted by molar-refractivity contribution is 7.91. The van der Waals surface area contributed by atoms with E-state index in [0.29, 0.717) is 6.07 Å². The van der Waals surface area contributed by atoms with Crippen LogP contribution in [-0.4, -0.2) is 19.1 Å². The summed E-state index contributed by atoms with van der Waals surface area (Å²) in [5.74, 6) is -3.64. The number of nitro groups is 1. The number of rotatable bonds is 7. The average Bonchev–Trinajstić information content (AvgIpc) is 2.59. The number of hydrogen-bond donors (Lipinski definition) is 1. The van der Waals surface area contributed by atoms with E-state index in [0.717, 1.165) is 29.7 Å². The van der Waals surface area contributed by atoms with Crippen molar-refractivity contribution in [1.29, 1.82) is 0 Å². The molecule has 0 fully saturated rings. The van der Waals surface area contributed by atoms with Crippen molar-refractivity contribution in [1.82, 2.24) is 0 Å². The second kappa shape index (κ2) is 7.56. The Labute approximate surface area is 143 Å². The van der Waals surface area contributed by atoms with Gasteiger partial charge in [-0.3, -0.25) is 10.1 Å². The fourth-order valence-electron chi connectivity index (χ4n) is 2.36. The van der Waals surface area contributed by atoms with E-state index in [2.05, 4.69) is 5.32 Å². The summed E-state index contributed by atoms with van der Waals surface area (Å²) in [5, 5.41) is 14.1. The van der Waals surface area contributed by atoms with E-state index in [1.54, 1.807) is 0 Å². The number of nitro benzene ring substituents is 1. The third-order valence-corrected chi connectivity index (χ3v) is 5.08. The maximum Gasteiger partial charge on any atom is 0.341 e. The smallest absolute Gasteiger partial charge is 0.341 e. The molecule has 0 aliphatic carbocycles. The minimum absolute atomic E-state index is 0.0594. The van der Waals surface area contributed by atoms with Gasteiger partial charge in [0, 0.05) is 12.6 Å². The number of nitrogens with zero attached hydrogens (tertiary/aromatic N) is 1. The van der Waals surface area contributed by atoms with Gasteiger partial charge in [-0.2, -0.15) is 8.78 Å². The van der Waals surface area contributed by atoms with Gasteiger partial charge in [0.2, 0.25) is 9.84 Å². The van der Waals surface area contributed by atoms with Crippen molar-refractivity contribution in [3.8, 4) is 0 Å². The monoisotopic (exact) mass is 370 g/mol. The standard InChI is InChI=1S/C16H16F2N2O4S/c1-2-11-5-3-4-6-12(11)10-19-14-8-7-13(9-15(14)20(21)22)25(23,24)16(17)18/h3-9,16,19H,2,10H2,1H3. The van der Waals surface area contributed by atoms with Gasteiger partial charge in [0.05, 0.1) is 9.82 Å². The van der Waals surface area contributed by atoms with Crippen molar-refractivity contribution in [2.24, 2.45) is 0 Å². The molecule has 0 unspecified atom stereocenters. The number of alkyl halides is 2. The highest BCUT2D eigenvalue weighted by atomic mass is 32.2. The van der Waals surface area contributed by atoms with E-state index in [1.807, 2.05) is 31.2 Å². The second-order valence-electron chi connectivity index (χ2n) is 5.22. The number of hydrogen-bond acceptors (Lipinski definition) is 5. The van der Waals surface area contributed by atoms with E-state index in [4.69, 9.17) is 0 Å². The van der Waals surface area contributed by atoms with E-state index in [-0.39, 0.29) is 12.2 Å². The second-order valence-corrected chi connectivity index (χ2v) is 7.14. The van der Waals surface area contributed by atoms with Crippen LogP contribution in [0.2, 0.25) is 0 Å². The fraction of sp³-hybridized carbons (Fsp3) is 0.250. The maximum absolute atomic E-state index is 12.6. The van der Waals surface area contributed by atoms with Gasteiger partial charge in [-0.1, -0.05) is 31.2 Å². The first-order valence-electron chi connectivity index (χ1n) is 7.38. The first-order chi connectivity index (χ1) is 11.8. The van der Waals surface area contributed by atoms with Crippen LogP contribution in [-0.2, 0) is 22.8 Å². The summed E-state index contributed by atoms with van der Waals surface area (Å²) in [6, 6.07) is 10.2. The van der Waals surface area contributed by atoms with Gasteiger partial charge in [-0.05, 0) is 29.7 Å². The Balaban J connectivity index is 2.34. The number of halogens is 2. The van der Waals surface area contributed by atoms with Gasteiger partial charge in [0.15, 0.2) is 0 Å². The molecule has 0 bridgehead atoms. The quantitative estimate of drug-likeness (QED) is 0.592. The van der Waals surface area contributed by atoms with Gasteiger partial charge < -0.3 is 5.32 Å². The van der Waals surface area contributed by atoms with E-state index >= 15 is 0 Å². The molecule has 0 spiro atoms. The van der Waals surface area contributed by atoms with Crippen LogP contribution < -0.4 is 5.32 Å². The predicted molar refractivity (Wildman–Crippen MR) is 89.4 cm³/mol. The predicted octanol–water partition coefficient (Wildman–Crippen LogP) is 3.77. The molecule has 0 aliphatic rings. The summed E-state index contributed by atoms with van der Waals surface area (Å²) in [6.45, 7) is 2.26. The first-order valence-corrected chi connectivity index (χ1v) is 8.93. The van der Waals surface area contributed by atoms with Crippen LogP contribution >= 0.6 is 0 Å². The average molecular weight is 370 g/mol. The molecule has 2 rings (SSSR count). The highest BCUT2D eigenvalue weighted by Gasteiger charge is 2.29. The Hall–Kier alpha value is -2.55. The van der Waals surface area contributed by atoms with Gasteiger partial charge in [0.1, 0.15) is 5.69 Å². The molecule has 0 heterocycles. The molecule has 0 saturated carbocycles. The number of nitrogens with one attached hydrogen (secondary N) is 1. The fourth-order valence-corrected chi connectivity index (χ4v) is 3.10. The molecular formula is C16H16F2N2O4S. The minimum Gasteiger partial charge on any atom is -0.375 e. The van der Waals surface area contributed by atoms with Crippen molar-refractivity contribution in [2.75, 3.05) is 5.32 Å². The number of anilines is 1. The Morgan fingerprint density at radius 1 is 1.16 bits per heavy atom. The summed E-state index contributed by atoms with van der Waals surface area (Å²) < 4.78 is 48.2. The summed E-state index contributed by atoms with van der Waals surface area (Å²) in [7, 11) is -4.89. The van der Waals surface area contributed by atoms with Crippen molar-refractivity contribution in [3.63, 3.8) is 0 Å². The van der Waals surface area contributed by atoms with Crippen LogP contribution in [0.1, 0.15) is 18.1 Å². The third-order valence-electron chi connectivity index (χ3n) is 3.70. The molecule has 0 aromatic heterocycles. The van der Waals surface area contributed by atoms with Crippen LogP contribution in [0.25, 0.3) is 0 Å². The Morgan fingerprint density at radius 3 is 2.36 bits per heavy atom. The molecule has 2 aromatic rings. The van der Waals surface area contributed by atoms with Crippen LogP contribution in [0.5, 0.6) is 0 Å². The summed E-state index contributed by atoms with van der Waals surface area (Å²) in [6.07, 6.45) is 0.783. The van der Waals surface area contributed by atoms with Gasteiger partial charge in [0.25, 0.3) is 5.69 Å². The largest absolute Gasteiger partial charge is 0.375 e. The van der Waals surface area contributed by atoms with Gasteiger partial charge in [-0.25, -0.2) is 8.42 Å². The number of benzene rings is 2. The topological polar surface area (TPSA) is 89.3 Å². The molecule has 9 heteroatoms. The Morgan fingerprint density at radius 2 is 1.80 bits per heavy atom. The molecule has 0 saturated heterocycles. The third kappa shape index (κ3) is 4.11. The van der Waals surface area contributed by atoms with E-state index in [9.17, 15) is 27.3 Å². The Bertz CT molecular complexity index is 885. The molecule has 0 aliphatic heterocycles. The van der Waals surface area contributed by atoms with Crippen LogP contribution in [0, 0.1) is 10.1 Å². The van der Waals surface area contributed by atoms with Crippen molar-refractivity contribution in [2.45, 2.75) is 30.5 Å². The number of sulfone groups is 1. The SMILES string of the molecule is CCc1ccccc1CNc1ccc(S(=O)(=O)C(F)F)cc1[N+](=O)[O-]. The van der Waals surface area contributed by atoms with Gasteiger partial charge in [-0.15, -0.1) is 0 Å². The normalized spacial score (nSPS) is 11.5. The summed E-state index contributed by atoms with van der Waals surface area (Å²) >= 11 is 0. The van der Waals surface area contributed by atoms with Crippen LogP contribution in [0.4, 0.5) is 20.2 Å². The maximum atomic E-state index is 12.6. The lowest BCUT2D eigenvalue weighted by Gasteiger charge is -2.11. The molecule has 0 atom stereocenters. The van der Waals surface area contributed by atoms with Gasteiger partial charge >= 0.3 is 5.76 Å². The molecule has 0 radical (unpaired) electrons. The van der Waals surface area contributed by atoms with Crippen LogP contribution in [0.15, 0.2) is 47.4 Å². The minimum atomic E-state index is -4.89. The molecule has 6 nitrogen and oxygen atoms in total. The molecule has 1 N–H and O–H groups in total. The molecule has 0 amide bonds. The summed E-state index contributed by atoms with van der Waals surface area (Å²) in [4.78, 5) is 9.60. The Kier molecular flexibility index (Phi) is 5.68. The van der Waals surface area contributed by atoms with E-state index in [1.165, 1.54) is 0 Å². The first kappa shape index (κ1) is 18.8. The lowest BCUT2D eigenvalue weighted by Crippen LogP contribution is -2.12. The zero-order valence-corrected chi connectivity index (χ0v) is 14.1. The van der Waals surface area contributed by atoms with Crippen LogP contribution in [0.3, 0.4) is 0 Å².